The maximum atomic E-state index is 12.8. The summed E-state index contributed by atoms with van der Waals surface area (Å²) in [6, 6.07) is 19.8. The Bertz CT molecular complexity index is 1110. The van der Waals surface area contributed by atoms with Crippen molar-refractivity contribution >= 4 is 29.7 Å². The van der Waals surface area contributed by atoms with E-state index in [9.17, 15) is 9.59 Å². The predicted molar refractivity (Wildman–Crippen MR) is 121 cm³/mol. The van der Waals surface area contributed by atoms with E-state index in [2.05, 4.69) is 5.32 Å². The van der Waals surface area contributed by atoms with Crippen LogP contribution in [0.3, 0.4) is 0 Å². The van der Waals surface area contributed by atoms with E-state index in [1.54, 1.807) is 30.3 Å². The Morgan fingerprint density at radius 3 is 2.16 bits per heavy atom. The van der Waals surface area contributed by atoms with E-state index >= 15 is 0 Å². The Morgan fingerprint density at radius 1 is 0.774 bits per heavy atom. The van der Waals surface area contributed by atoms with Gasteiger partial charge in [-0.25, -0.2) is 4.79 Å². The van der Waals surface area contributed by atoms with Crippen molar-refractivity contribution in [1.29, 1.82) is 0 Å². The number of methoxy groups -OCH3 is 3. The third kappa shape index (κ3) is 5.30. The van der Waals surface area contributed by atoms with E-state index in [4.69, 9.17) is 14.2 Å². The Hall–Kier alpha value is -4.06. The first-order valence-corrected chi connectivity index (χ1v) is 9.54. The zero-order valence-electron chi connectivity index (χ0n) is 17.5. The molecule has 0 saturated carbocycles. The molecule has 3 rings (SSSR count). The van der Waals surface area contributed by atoms with Gasteiger partial charge in [0.2, 0.25) is 0 Å². The molecule has 6 heteroatoms. The van der Waals surface area contributed by atoms with Crippen LogP contribution in [-0.4, -0.2) is 33.2 Å². The van der Waals surface area contributed by atoms with Gasteiger partial charge in [0.05, 0.1) is 32.6 Å². The molecule has 3 aromatic rings. The molecule has 1 amide bonds. The van der Waals surface area contributed by atoms with Crippen LogP contribution in [-0.2, 0) is 4.74 Å². The average Bonchev–Trinajstić information content (AvgIpc) is 2.82. The van der Waals surface area contributed by atoms with E-state index in [-0.39, 0.29) is 5.56 Å². The summed E-state index contributed by atoms with van der Waals surface area (Å²) in [7, 11) is 4.32. The second-order valence-electron chi connectivity index (χ2n) is 6.56. The van der Waals surface area contributed by atoms with Crippen molar-refractivity contribution in [2.45, 2.75) is 0 Å². The van der Waals surface area contributed by atoms with Crippen molar-refractivity contribution in [2.75, 3.05) is 26.6 Å². The van der Waals surface area contributed by atoms with Gasteiger partial charge in [-0.05, 0) is 41.5 Å². The summed E-state index contributed by atoms with van der Waals surface area (Å²) in [5.74, 6) is 0.0184. The van der Waals surface area contributed by atoms with Crippen LogP contribution < -0.4 is 14.8 Å². The van der Waals surface area contributed by atoms with Crippen molar-refractivity contribution in [3.63, 3.8) is 0 Å². The second-order valence-corrected chi connectivity index (χ2v) is 6.56. The third-order valence-corrected chi connectivity index (χ3v) is 4.61. The molecule has 0 saturated heterocycles. The van der Waals surface area contributed by atoms with Gasteiger partial charge in [-0.1, -0.05) is 48.6 Å². The molecule has 6 nitrogen and oxygen atoms in total. The fraction of sp³-hybridized carbons (Fsp3) is 0.120. The molecule has 0 radical (unpaired) electrons. The van der Waals surface area contributed by atoms with E-state index < -0.39 is 11.9 Å². The molecule has 0 aliphatic carbocycles. The minimum absolute atomic E-state index is 0.256. The topological polar surface area (TPSA) is 73.9 Å². The first-order valence-electron chi connectivity index (χ1n) is 9.54. The van der Waals surface area contributed by atoms with Crippen LogP contribution in [0.4, 0.5) is 5.69 Å². The molecule has 1 N–H and O–H groups in total. The number of hydrogen-bond donors (Lipinski definition) is 1. The largest absolute Gasteiger partial charge is 0.493 e. The summed E-state index contributed by atoms with van der Waals surface area (Å²) in [6.07, 6.45) is 3.83. The Kier molecular flexibility index (Phi) is 7.06. The van der Waals surface area contributed by atoms with Crippen LogP contribution in [0.5, 0.6) is 11.5 Å². The van der Waals surface area contributed by atoms with E-state index in [0.717, 1.165) is 11.1 Å². The monoisotopic (exact) mass is 417 g/mol. The average molecular weight is 417 g/mol. The number of carbonyl (C=O) groups excluding carboxylic acids is 2. The zero-order valence-corrected chi connectivity index (χ0v) is 17.5. The molecule has 0 fully saturated rings. The second kappa shape index (κ2) is 10.1. The summed E-state index contributed by atoms with van der Waals surface area (Å²) >= 11 is 0. The summed E-state index contributed by atoms with van der Waals surface area (Å²) in [6.45, 7) is 0. The van der Waals surface area contributed by atoms with Crippen molar-refractivity contribution in [3.05, 3.63) is 89.0 Å². The van der Waals surface area contributed by atoms with Crippen molar-refractivity contribution in [2.24, 2.45) is 0 Å². The number of nitrogens with one attached hydrogen (secondary N) is 1. The minimum Gasteiger partial charge on any atom is -0.493 e. The summed E-state index contributed by atoms with van der Waals surface area (Å²) in [5.41, 5.74) is 2.80. The van der Waals surface area contributed by atoms with E-state index in [0.29, 0.717) is 22.7 Å². The van der Waals surface area contributed by atoms with Crippen LogP contribution in [0, 0.1) is 0 Å². The minimum atomic E-state index is -0.544. The lowest BCUT2D eigenvalue weighted by atomic mass is 10.1. The van der Waals surface area contributed by atoms with Gasteiger partial charge in [0.1, 0.15) is 0 Å². The lowest BCUT2D eigenvalue weighted by Crippen LogP contribution is -2.15. The molecule has 31 heavy (non-hydrogen) atoms. The van der Waals surface area contributed by atoms with Gasteiger partial charge in [0.25, 0.3) is 5.91 Å². The van der Waals surface area contributed by atoms with Crippen LogP contribution in [0.2, 0.25) is 0 Å². The van der Waals surface area contributed by atoms with Crippen LogP contribution in [0.15, 0.2) is 66.7 Å². The molecule has 3 aromatic carbocycles. The normalized spacial score (nSPS) is 10.5. The van der Waals surface area contributed by atoms with Gasteiger partial charge < -0.3 is 19.5 Å². The zero-order chi connectivity index (χ0) is 22.2. The Morgan fingerprint density at radius 2 is 1.48 bits per heavy atom. The van der Waals surface area contributed by atoms with E-state index in [1.807, 2.05) is 48.6 Å². The standard InChI is InChI=1S/C25H23NO5/c1-29-22-14-12-19(16-23(22)30-2)24(27)26-21-13-11-18(15-20(21)25(28)31-3)10-9-17-7-5-4-6-8-17/h4-16H,1-3H3,(H,26,27)/b10-9+. The molecule has 0 spiro atoms. The smallest absolute Gasteiger partial charge is 0.339 e. The highest BCUT2D eigenvalue weighted by Crippen LogP contribution is 2.28. The molecule has 0 aliphatic rings. The molecule has 0 aromatic heterocycles. The highest BCUT2D eigenvalue weighted by atomic mass is 16.5. The summed E-state index contributed by atoms with van der Waals surface area (Å²) < 4.78 is 15.3. The first kappa shape index (κ1) is 21.6. The SMILES string of the molecule is COC(=O)c1cc(/C=C/c2ccccc2)ccc1NC(=O)c1ccc(OC)c(OC)c1. The molecular formula is C25H23NO5. The number of carbonyl (C=O) groups is 2. The number of hydrogen-bond acceptors (Lipinski definition) is 5. The van der Waals surface area contributed by atoms with E-state index in [1.165, 1.54) is 21.3 Å². The molecular weight excluding hydrogens is 394 g/mol. The van der Waals surface area contributed by atoms with Crippen LogP contribution >= 0.6 is 0 Å². The lowest BCUT2D eigenvalue weighted by Gasteiger charge is -2.12. The summed E-state index contributed by atoms with van der Waals surface area (Å²) in [5, 5.41) is 2.77. The molecule has 0 heterocycles. The van der Waals surface area contributed by atoms with Gasteiger partial charge in [-0.3, -0.25) is 4.79 Å². The molecule has 0 unspecified atom stereocenters. The Labute approximate surface area is 181 Å². The van der Waals surface area contributed by atoms with Crippen LogP contribution in [0.25, 0.3) is 12.2 Å². The van der Waals surface area contributed by atoms with Gasteiger partial charge in [0.15, 0.2) is 11.5 Å². The number of benzene rings is 3. The van der Waals surface area contributed by atoms with Crippen molar-refractivity contribution in [3.8, 4) is 11.5 Å². The fourth-order valence-corrected chi connectivity index (χ4v) is 2.98. The lowest BCUT2D eigenvalue weighted by molar-refractivity contribution is 0.0602. The van der Waals surface area contributed by atoms with Crippen molar-refractivity contribution < 1.29 is 23.8 Å². The fourth-order valence-electron chi connectivity index (χ4n) is 2.98. The first-order chi connectivity index (χ1) is 15.0. The maximum Gasteiger partial charge on any atom is 0.339 e. The van der Waals surface area contributed by atoms with Crippen LogP contribution in [0.1, 0.15) is 31.8 Å². The predicted octanol–water partition coefficient (Wildman–Crippen LogP) is 4.91. The molecule has 0 bridgehead atoms. The number of ether oxygens (including phenoxy) is 3. The maximum absolute atomic E-state index is 12.8. The van der Waals surface area contributed by atoms with Gasteiger partial charge in [-0.15, -0.1) is 0 Å². The Balaban J connectivity index is 1.87. The molecule has 0 atom stereocenters. The molecule has 0 aliphatic heterocycles. The molecule has 158 valence electrons. The number of amides is 1. The summed E-state index contributed by atoms with van der Waals surface area (Å²) in [4.78, 5) is 25.1. The number of esters is 1. The van der Waals surface area contributed by atoms with Gasteiger partial charge in [0, 0.05) is 5.56 Å². The number of anilines is 1. The number of rotatable bonds is 7. The third-order valence-electron chi connectivity index (χ3n) is 4.61. The van der Waals surface area contributed by atoms with Crippen molar-refractivity contribution in [1.82, 2.24) is 0 Å². The highest BCUT2D eigenvalue weighted by Gasteiger charge is 2.17. The van der Waals surface area contributed by atoms with Gasteiger partial charge in [-0.2, -0.15) is 0 Å². The quantitative estimate of drug-likeness (QED) is 0.437. The highest BCUT2D eigenvalue weighted by molar-refractivity contribution is 6.08. The van der Waals surface area contributed by atoms with Gasteiger partial charge >= 0.3 is 5.97 Å².